The lowest BCUT2D eigenvalue weighted by Crippen LogP contribution is -2.57. The minimum atomic E-state index is -0.110. The molecule has 3 heterocycles. The molecule has 2 aliphatic carbocycles. The van der Waals surface area contributed by atoms with Crippen LogP contribution in [0, 0.1) is 12.8 Å². The molecule has 1 aromatic carbocycles. The van der Waals surface area contributed by atoms with E-state index in [0.717, 1.165) is 63.0 Å². The third-order valence-corrected chi connectivity index (χ3v) is 8.57. The van der Waals surface area contributed by atoms with Crippen molar-refractivity contribution in [2.75, 3.05) is 18.4 Å². The molecule has 1 N–H and O–H groups in total. The highest BCUT2D eigenvalue weighted by molar-refractivity contribution is 6.04. The predicted molar refractivity (Wildman–Crippen MR) is 132 cm³/mol. The number of piperazine rings is 1. The highest BCUT2D eigenvalue weighted by Gasteiger charge is 2.46. The van der Waals surface area contributed by atoms with Crippen molar-refractivity contribution in [3.05, 3.63) is 58.9 Å². The lowest BCUT2D eigenvalue weighted by Gasteiger charge is -2.44. The smallest absolute Gasteiger partial charge is 0.257 e. The summed E-state index contributed by atoms with van der Waals surface area (Å²) in [6.07, 6.45) is 10.6. The van der Waals surface area contributed by atoms with E-state index in [1.54, 1.807) is 6.20 Å². The van der Waals surface area contributed by atoms with Crippen molar-refractivity contribution in [2.24, 2.45) is 5.92 Å². The molecule has 1 saturated carbocycles. The zero-order valence-corrected chi connectivity index (χ0v) is 20.0. The summed E-state index contributed by atoms with van der Waals surface area (Å²) in [5.41, 5.74) is 5.01. The van der Waals surface area contributed by atoms with Crippen molar-refractivity contribution in [3.63, 3.8) is 0 Å². The van der Waals surface area contributed by atoms with Crippen LogP contribution in [-0.2, 0) is 11.2 Å². The first kappa shape index (κ1) is 21.8. The van der Waals surface area contributed by atoms with Gasteiger partial charge in [-0.3, -0.25) is 19.5 Å². The Kier molecular flexibility index (Phi) is 5.64. The number of aromatic nitrogens is 1. The highest BCUT2D eigenvalue weighted by atomic mass is 16.2. The van der Waals surface area contributed by atoms with Gasteiger partial charge in [-0.1, -0.05) is 25.0 Å². The molecule has 1 aromatic heterocycles. The van der Waals surface area contributed by atoms with Gasteiger partial charge in [0, 0.05) is 54.7 Å². The van der Waals surface area contributed by atoms with Crippen LogP contribution in [-0.4, -0.2) is 51.8 Å². The number of fused-ring (bicyclic) bond motifs is 3. The van der Waals surface area contributed by atoms with Crippen LogP contribution in [0.15, 0.2) is 36.5 Å². The average Bonchev–Trinajstić information content (AvgIpc) is 3.58. The van der Waals surface area contributed by atoms with Crippen LogP contribution >= 0.6 is 0 Å². The molecule has 2 bridgehead atoms. The second-order valence-electron chi connectivity index (χ2n) is 10.6. The van der Waals surface area contributed by atoms with Crippen LogP contribution < -0.4 is 5.32 Å². The number of benzene rings is 1. The van der Waals surface area contributed by atoms with Crippen molar-refractivity contribution in [1.82, 2.24) is 14.8 Å². The van der Waals surface area contributed by atoms with Gasteiger partial charge in [0.1, 0.15) is 0 Å². The van der Waals surface area contributed by atoms with Crippen LogP contribution in [0.4, 0.5) is 5.69 Å². The molecular weight excluding hydrogens is 424 g/mol. The second-order valence-corrected chi connectivity index (χ2v) is 10.6. The standard InChI is InChI=1S/C28H34N4O2/c1-18-9-10-20(15-29-18)27(33)30-25-8-4-7-24-23(25)13-14-26(24)31-16-21-11-12-22(17-31)32(21)28(34)19-5-2-3-6-19/h4,7-10,15,19,21-22,26H,2-3,5-6,11-14,16-17H2,1H3,(H,30,33). The van der Waals surface area contributed by atoms with Crippen LogP contribution in [0.1, 0.15) is 78.2 Å². The third-order valence-electron chi connectivity index (χ3n) is 8.57. The van der Waals surface area contributed by atoms with E-state index in [1.165, 1.54) is 24.0 Å². The highest BCUT2D eigenvalue weighted by Crippen LogP contribution is 2.43. The van der Waals surface area contributed by atoms with Gasteiger partial charge in [-0.25, -0.2) is 0 Å². The van der Waals surface area contributed by atoms with Gasteiger partial charge in [0.05, 0.1) is 5.56 Å². The fourth-order valence-corrected chi connectivity index (χ4v) is 6.86. The van der Waals surface area contributed by atoms with Gasteiger partial charge in [0.15, 0.2) is 0 Å². The van der Waals surface area contributed by atoms with Gasteiger partial charge in [-0.15, -0.1) is 0 Å². The number of carbonyl (C=O) groups excluding carboxylic acids is 2. The number of amides is 2. The average molecular weight is 459 g/mol. The second kappa shape index (κ2) is 8.81. The minimum Gasteiger partial charge on any atom is -0.334 e. The Morgan fingerprint density at radius 3 is 2.44 bits per heavy atom. The lowest BCUT2D eigenvalue weighted by molar-refractivity contribution is -0.141. The zero-order chi connectivity index (χ0) is 23.2. The van der Waals surface area contributed by atoms with Crippen molar-refractivity contribution in [1.29, 1.82) is 0 Å². The molecule has 3 fully saturated rings. The molecule has 2 aliphatic heterocycles. The number of anilines is 1. The normalized spacial score (nSPS) is 26.6. The summed E-state index contributed by atoms with van der Waals surface area (Å²) in [7, 11) is 0. The Labute approximate surface area is 201 Å². The molecule has 6 rings (SSSR count). The van der Waals surface area contributed by atoms with E-state index in [2.05, 4.69) is 32.2 Å². The molecule has 6 heteroatoms. The lowest BCUT2D eigenvalue weighted by atomic mass is 10.0. The number of rotatable bonds is 4. The maximum Gasteiger partial charge on any atom is 0.257 e. The minimum absolute atomic E-state index is 0.110. The molecule has 3 atom stereocenters. The molecule has 34 heavy (non-hydrogen) atoms. The van der Waals surface area contributed by atoms with E-state index in [4.69, 9.17) is 0 Å². The maximum absolute atomic E-state index is 13.2. The van der Waals surface area contributed by atoms with Gasteiger partial charge in [-0.2, -0.15) is 0 Å². The number of aryl methyl sites for hydroxylation is 1. The Balaban J connectivity index is 1.17. The monoisotopic (exact) mass is 458 g/mol. The number of pyridine rings is 1. The molecule has 2 aromatic rings. The first-order valence-electron chi connectivity index (χ1n) is 13.0. The molecule has 2 amide bonds. The fraction of sp³-hybridized carbons (Fsp3) is 0.536. The van der Waals surface area contributed by atoms with E-state index in [9.17, 15) is 9.59 Å². The summed E-state index contributed by atoms with van der Waals surface area (Å²) < 4.78 is 0. The van der Waals surface area contributed by atoms with Crippen LogP contribution in [0.25, 0.3) is 0 Å². The Bertz CT molecular complexity index is 1080. The van der Waals surface area contributed by atoms with Gasteiger partial charge in [-0.05, 0) is 74.8 Å². The van der Waals surface area contributed by atoms with Crippen molar-refractivity contribution < 1.29 is 9.59 Å². The molecule has 6 nitrogen and oxygen atoms in total. The van der Waals surface area contributed by atoms with E-state index >= 15 is 0 Å². The molecule has 3 unspecified atom stereocenters. The first-order valence-corrected chi connectivity index (χ1v) is 13.0. The predicted octanol–water partition coefficient (Wildman–Crippen LogP) is 4.50. The van der Waals surface area contributed by atoms with Crippen LogP contribution in [0.2, 0.25) is 0 Å². The van der Waals surface area contributed by atoms with E-state index in [1.807, 2.05) is 25.1 Å². The van der Waals surface area contributed by atoms with Crippen molar-refractivity contribution in [2.45, 2.75) is 76.4 Å². The quantitative estimate of drug-likeness (QED) is 0.733. The summed E-state index contributed by atoms with van der Waals surface area (Å²) in [5.74, 6) is 0.602. The molecular formula is C28H34N4O2. The van der Waals surface area contributed by atoms with E-state index < -0.39 is 0 Å². The molecule has 0 spiro atoms. The number of likely N-dealkylation sites (tertiary alicyclic amines) is 1. The maximum atomic E-state index is 13.2. The van der Waals surface area contributed by atoms with Crippen LogP contribution in [0.3, 0.4) is 0 Å². The number of hydrogen-bond donors (Lipinski definition) is 1. The molecule has 4 aliphatic rings. The largest absolute Gasteiger partial charge is 0.334 e. The first-order chi connectivity index (χ1) is 16.6. The Morgan fingerprint density at radius 1 is 0.971 bits per heavy atom. The summed E-state index contributed by atoms with van der Waals surface area (Å²) in [6.45, 7) is 3.87. The van der Waals surface area contributed by atoms with E-state index in [-0.39, 0.29) is 11.8 Å². The summed E-state index contributed by atoms with van der Waals surface area (Å²) >= 11 is 0. The van der Waals surface area contributed by atoms with Crippen molar-refractivity contribution >= 4 is 17.5 Å². The Hall–Kier alpha value is -2.73. The van der Waals surface area contributed by atoms with Gasteiger partial charge < -0.3 is 10.2 Å². The van der Waals surface area contributed by atoms with Crippen LogP contribution in [0.5, 0.6) is 0 Å². The summed E-state index contributed by atoms with van der Waals surface area (Å²) in [6, 6.07) is 11.1. The number of carbonyl (C=O) groups is 2. The summed E-state index contributed by atoms with van der Waals surface area (Å²) in [5, 5.41) is 3.13. The third kappa shape index (κ3) is 3.82. The van der Waals surface area contributed by atoms with Gasteiger partial charge in [0.2, 0.25) is 5.91 Å². The molecule has 2 saturated heterocycles. The SMILES string of the molecule is Cc1ccc(C(=O)Nc2cccc3c2CCC3N2CC3CCC(C2)N3C(=O)C2CCCC2)cn1. The number of nitrogens with zero attached hydrogens (tertiary/aromatic N) is 3. The number of nitrogens with one attached hydrogen (secondary N) is 1. The Morgan fingerprint density at radius 2 is 1.74 bits per heavy atom. The fourth-order valence-electron chi connectivity index (χ4n) is 6.86. The van der Waals surface area contributed by atoms with E-state index in [0.29, 0.717) is 29.6 Å². The molecule has 0 radical (unpaired) electrons. The van der Waals surface area contributed by atoms with Gasteiger partial charge in [0.25, 0.3) is 5.91 Å². The zero-order valence-electron chi connectivity index (χ0n) is 20.0. The topological polar surface area (TPSA) is 65.5 Å². The van der Waals surface area contributed by atoms with Gasteiger partial charge >= 0.3 is 0 Å². The number of hydrogen-bond acceptors (Lipinski definition) is 4. The molecule has 178 valence electrons. The van der Waals surface area contributed by atoms with Crippen molar-refractivity contribution in [3.8, 4) is 0 Å². The summed E-state index contributed by atoms with van der Waals surface area (Å²) in [4.78, 5) is 35.2.